The van der Waals surface area contributed by atoms with E-state index in [9.17, 15) is 13.2 Å². The van der Waals surface area contributed by atoms with Crippen molar-refractivity contribution in [3.63, 3.8) is 0 Å². The standard InChI is InChI=1S/C22H23N3O4S/c1-3-12-25(15-17-6-4-16(14-23)5-7-17)22(26)18-8-11-20(29-2)21(13-18)30(27,28)24-19-9-10-19/h3-8,11,13,19,24H,1,9-10,12,15H2,2H3. The lowest BCUT2D eigenvalue weighted by atomic mass is 10.1. The maximum atomic E-state index is 13.1. The summed E-state index contributed by atoms with van der Waals surface area (Å²) in [6.45, 7) is 4.29. The molecule has 0 radical (unpaired) electrons. The van der Waals surface area contributed by atoms with Gasteiger partial charge in [0, 0.05) is 24.7 Å². The molecule has 0 saturated heterocycles. The van der Waals surface area contributed by atoms with E-state index in [4.69, 9.17) is 10.00 Å². The minimum atomic E-state index is -3.80. The van der Waals surface area contributed by atoms with Gasteiger partial charge in [-0.1, -0.05) is 18.2 Å². The summed E-state index contributed by atoms with van der Waals surface area (Å²) in [5.74, 6) is -0.146. The largest absolute Gasteiger partial charge is 0.495 e. The highest BCUT2D eigenvalue weighted by Gasteiger charge is 2.30. The molecule has 30 heavy (non-hydrogen) atoms. The van der Waals surface area contributed by atoms with Crippen molar-refractivity contribution in [2.24, 2.45) is 0 Å². The smallest absolute Gasteiger partial charge is 0.254 e. The van der Waals surface area contributed by atoms with Gasteiger partial charge in [0.25, 0.3) is 5.91 Å². The van der Waals surface area contributed by atoms with E-state index in [0.29, 0.717) is 12.1 Å². The molecule has 1 aliphatic carbocycles. The second kappa shape index (κ2) is 9.11. The number of nitriles is 1. The first-order chi connectivity index (χ1) is 14.4. The van der Waals surface area contributed by atoms with Gasteiger partial charge in [-0.25, -0.2) is 13.1 Å². The van der Waals surface area contributed by atoms with Crippen LogP contribution in [0.1, 0.15) is 34.3 Å². The van der Waals surface area contributed by atoms with Crippen molar-refractivity contribution >= 4 is 15.9 Å². The van der Waals surface area contributed by atoms with E-state index in [1.54, 1.807) is 41.3 Å². The monoisotopic (exact) mass is 425 g/mol. The van der Waals surface area contributed by atoms with Gasteiger partial charge in [0.2, 0.25) is 10.0 Å². The fraction of sp³-hybridized carbons (Fsp3) is 0.273. The lowest BCUT2D eigenvalue weighted by Crippen LogP contribution is -2.31. The molecule has 1 fully saturated rings. The molecule has 2 aromatic rings. The Morgan fingerprint density at radius 3 is 2.57 bits per heavy atom. The van der Waals surface area contributed by atoms with Crippen molar-refractivity contribution in [1.29, 1.82) is 5.26 Å². The fourth-order valence-corrected chi connectivity index (χ4v) is 4.47. The number of nitrogens with zero attached hydrogens (tertiary/aromatic N) is 2. The summed E-state index contributed by atoms with van der Waals surface area (Å²) < 4.78 is 33.3. The van der Waals surface area contributed by atoms with Gasteiger partial charge in [-0.2, -0.15) is 5.26 Å². The van der Waals surface area contributed by atoms with Crippen LogP contribution in [-0.2, 0) is 16.6 Å². The van der Waals surface area contributed by atoms with Gasteiger partial charge in [-0.15, -0.1) is 6.58 Å². The number of nitrogens with one attached hydrogen (secondary N) is 1. The highest BCUT2D eigenvalue weighted by Crippen LogP contribution is 2.29. The van der Waals surface area contributed by atoms with Crippen molar-refractivity contribution in [2.75, 3.05) is 13.7 Å². The number of benzene rings is 2. The highest BCUT2D eigenvalue weighted by atomic mass is 32.2. The quantitative estimate of drug-likeness (QED) is 0.623. The van der Waals surface area contributed by atoms with Crippen LogP contribution in [0.25, 0.3) is 0 Å². The molecule has 0 aliphatic heterocycles. The van der Waals surface area contributed by atoms with E-state index in [0.717, 1.165) is 18.4 Å². The molecule has 1 aliphatic rings. The van der Waals surface area contributed by atoms with Gasteiger partial charge in [-0.05, 0) is 48.7 Å². The minimum absolute atomic E-state index is 0.0559. The number of rotatable bonds is 9. The summed E-state index contributed by atoms with van der Waals surface area (Å²) in [7, 11) is -2.41. The number of amides is 1. The first-order valence-electron chi connectivity index (χ1n) is 9.47. The van der Waals surface area contributed by atoms with Gasteiger partial charge in [0.1, 0.15) is 10.6 Å². The molecule has 2 aromatic carbocycles. The second-order valence-corrected chi connectivity index (χ2v) is 8.73. The molecule has 1 N–H and O–H groups in total. The maximum absolute atomic E-state index is 13.1. The van der Waals surface area contributed by atoms with Crippen LogP contribution in [0.4, 0.5) is 0 Å². The van der Waals surface area contributed by atoms with Crippen molar-refractivity contribution in [2.45, 2.75) is 30.3 Å². The molecule has 0 bridgehead atoms. The molecule has 0 heterocycles. The predicted molar refractivity (Wildman–Crippen MR) is 112 cm³/mol. The Morgan fingerprint density at radius 2 is 2.00 bits per heavy atom. The minimum Gasteiger partial charge on any atom is -0.495 e. The lowest BCUT2D eigenvalue weighted by molar-refractivity contribution is 0.0762. The molecule has 3 rings (SSSR count). The highest BCUT2D eigenvalue weighted by molar-refractivity contribution is 7.89. The average Bonchev–Trinajstić information content (AvgIpc) is 3.56. The second-order valence-electron chi connectivity index (χ2n) is 7.04. The summed E-state index contributed by atoms with van der Waals surface area (Å²) in [5.41, 5.74) is 1.62. The van der Waals surface area contributed by atoms with Gasteiger partial charge in [0.15, 0.2) is 0 Å². The summed E-state index contributed by atoms with van der Waals surface area (Å²) in [4.78, 5) is 14.6. The lowest BCUT2D eigenvalue weighted by Gasteiger charge is -2.22. The number of ether oxygens (including phenoxy) is 1. The Kier molecular flexibility index (Phi) is 6.55. The number of hydrogen-bond donors (Lipinski definition) is 1. The predicted octanol–water partition coefficient (Wildman–Crippen LogP) is 2.84. The molecule has 8 heteroatoms. The Morgan fingerprint density at radius 1 is 1.30 bits per heavy atom. The first kappa shape index (κ1) is 21.6. The van der Waals surface area contributed by atoms with Crippen LogP contribution in [0.5, 0.6) is 5.75 Å². The van der Waals surface area contributed by atoms with Crippen LogP contribution >= 0.6 is 0 Å². The number of sulfonamides is 1. The molecule has 0 atom stereocenters. The molecular weight excluding hydrogens is 402 g/mol. The van der Waals surface area contributed by atoms with Crippen molar-refractivity contribution in [1.82, 2.24) is 9.62 Å². The fourth-order valence-electron chi connectivity index (χ4n) is 2.97. The van der Waals surface area contributed by atoms with Crippen LogP contribution in [0.15, 0.2) is 60.0 Å². The van der Waals surface area contributed by atoms with E-state index in [2.05, 4.69) is 17.4 Å². The molecule has 0 spiro atoms. The molecule has 0 unspecified atom stereocenters. The normalized spacial score (nSPS) is 13.3. The van der Waals surface area contributed by atoms with Crippen molar-refractivity contribution in [3.05, 3.63) is 71.8 Å². The number of methoxy groups -OCH3 is 1. The summed E-state index contributed by atoms with van der Waals surface area (Å²) >= 11 is 0. The molecule has 1 amide bonds. The Balaban J connectivity index is 1.89. The van der Waals surface area contributed by atoms with Crippen LogP contribution in [0, 0.1) is 11.3 Å². The van der Waals surface area contributed by atoms with Gasteiger partial charge in [0.05, 0.1) is 18.7 Å². The molecule has 7 nitrogen and oxygen atoms in total. The molecule has 156 valence electrons. The van der Waals surface area contributed by atoms with E-state index < -0.39 is 10.0 Å². The Hall–Kier alpha value is -3.15. The zero-order valence-electron chi connectivity index (χ0n) is 16.7. The number of carbonyl (C=O) groups excluding carboxylic acids is 1. The number of carbonyl (C=O) groups is 1. The third-order valence-corrected chi connectivity index (χ3v) is 6.23. The third kappa shape index (κ3) is 5.06. The molecule has 1 saturated carbocycles. The van der Waals surface area contributed by atoms with Crippen LogP contribution in [0.3, 0.4) is 0 Å². The van der Waals surface area contributed by atoms with Crippen LogP contribution < -0.4 is 9.46 Å². The summed E-state index contributed by atoms with van der Waals surface area (Å²) in [5, 5.41) is 8.93. The molecular formula is C22H23N3O4S. The SMILES string of the molecule is C=CCN(Cc1ccc(C#N)cc1)C(=O)c1ccc(OC)c(S(=O)(=O)NC2CC2)c1. The van der Waals surface area contributed by atoms with E-state index in [-0.39, 0.29) is 34.7 Å². The number of hydrogen-bond acceptors (Lipinski definition) is 5. The van der Waals surface area contributed by atoms with E-state index in [1.807, 2.05) is 0 Å². The Labute approximate surface area is 176 Å². The summed E-state index contributed by atoms with van der Waals surface area (Å²) in [6, 6.07) is 13.3. The van der Waals surface area contributed by atoms with Gasteiger partial charge in [-0.3, -0.25) is 4.79 Å². The average molecular weight is 426 g/mol. The zero-order valence-corrected chi connectivity index (χ0v) is 17.5. The molecule has 0 aromatic heterocycles. The van der Waals surface area contributed by atoms with Gasteiger partial charge < -0.3 is 9.64 Å². The van der Waals surface area contributed by atoms with Crippen LogP contribution in [0.2, 0.25) is 0 Å². The first-order valence-corrected chi connectivity index (χ1v) is 11.0. The summed E-state index contributed by atoms with van der Waals surface area (Å²) in [6.07, 6.45) is 3.22. The topological polar surface area (TPSA) is 99.5 Å². The van der Waals surface area contributed by atoms with E-state index in [1.165, 1.54) is 19.2 Å². The van der Waals surface area contributed by atoms with Crippen LogP contribution in [-0.4, -0.2) is 38.9 Å². The maximum Gasteiger partial charge on any atom is 0.254 e. The van der Waals surface area contributed by atoms with Gasteiger partial charge >= 0.3 is 0 Å². The zero-order chi connectivity index (χ0) is 21.7. The van der Waals surface area contributed by atoms with Crippen molar-refractivity contribution in [3.8, 4) is 11.8 Å². The third-order valence-electron chi connectivity index (χ3n) is 4.69. The van der Waals surface area contributed by atoms with E-state index >= 15 is 0 Å². The Bertz CT molecular complexity index is 1080. The van der Waals surface area contributed by atoms with Crippen molar-refractivity contribution < 1.29 is 17.9 Å².